The van der Waals surface area contributed by atoms with Crippen molar-refractivity contribution in [2.24, 2.45) is 17.1 Å². The van der Waals surface area contributed by atoms with Gasteiger partial charge in [-0.25, -0.2) is 19.4 Å². The van der Waals surface area contributed by atoms with Crippen LogP contribution in [0, 0.1) is 11.3 Å². The number of aromatic nitrogens is 3. The highest BCUT2D eigenvalue weighted by atomic mass is 32.1. The predicted octanol–water partition coefficient (Wildman–Crippen LogP) is 3.95. The Hall–Kier alpha value is -4.75. The number of amides is 1. The molecule has 1 aliphatic carbocycles. The largest absolute Gasteiger partial charge is 0.490 e. The van der Waals surface area contributed by atoms with Gasteiger partial charge in [-0.05, 0) is 42.6 Å². The first-order valence-corrected chi connectivity index (χ1v) is 14.7. The van der Waals surface area contributed by atoms with E-state index in [1.165, 1.54) is 0 Å². The Labute approximate surface area is 294 Å². The van der Waals surface area contributed by atoms with Gasteiger partial charge in [0.15, 0.2) is 5.11 Å². The van der Waals surface area contributed by atoms with Crippen LogP contribution in [-0.2, 0) is 38.3 Å². The fraction of sp³-hybridized carbons (Fsp3) is 0.519. The number of carboxylic acids is 3. The molecular weight excluding hydrogens is 780 g/mol. The lowest BCUT2D eigenvalue weighted by Crippen LogP contribution is -2.49. The van der Waals surface area contributed by atoms with E-state index in [4.69, 9.17) is 47.7 Å². The van der Waals surface area contributed by atoms with Gasteiger partial charge in [-0.2, -0.15) is 52.7 Å². The van der Waals surface area contributed by atoms with Crippen LogP contribution in [0.1, 0.15) is 29.7 Å². The van der Waals surface area contributed by atoms with E-state index in [9.17, 15) is 57.5 Å². The van der Waals surface area contributed by atoms with Gasteiger partial charge in [-0.3, -0.25) is 14.3 Å². The topological polar surface area (TPSA) is 192 Å². The molecule has 2 aliphatic heterocycles. The van der Waals surface area contributed by atoms with E-state index >= 15 is 0 Å². The maximum atomic E-state index is 13.8. The Morgan fingerprint density at radius 1 is 0.868 bits per heavy atom. The van der Waals surface area contributed by atoms with E-state index in [1.807, 2.05) is 4.90 Å². The van der Waals surface area contributed by atoms with Gasteiger partial charge in [0.05, 0.1) is 11.0 Å². The zero-order valence-corrected chi connectivity index (χ0v) is 27.0. The molecule has 3 atom stereocenters. The molecule has 0 aromatic carbocycles. The number of nitrogens with zero attached hydrogens (tertiary/aromatic N) is 5. The molecule has 4 heterocycles. The van der Waals surface area contributed by atoms with Crippen LogP contribution in [0.4, 0.5) is 52.7 Å². The Morgan fingerprint density at radius 3 is 1.81 bits per heavy atom. The molecule has 3 aliphatic rings. The summed E-state index contributed by atoms with van der Waals surface area (Å²) in [4.78, 5) is 52.3. The summed E-state index contributed by atoms with van der Waals surface area (Å²) in [7, 11) is 0. The van der Waals surface area contributed by atoms with Gasteiger partial charge in [0, 0.05) is 62.9 Å². The highest BCUT2D eigenvalue weighted by Crippen LogP contribution is 2.50. The molecule has 0 unspecified atom stereocenters. The molecule has 296 valence electrons. The van der Waals surface area contributed by atoms with Gasteiger partial charge in [-0.1, -0.05) is 0 Å². The number of alkyl halides is 12. The first kappa shape index (κ1) is 44.4. The van der Waals surface area contributed by atoms with Crippen molar-refractivity contribution in [2.45, 2.75) is 56.6 Å². The molecule has 1 saturated carbocycles. The molecular formula is C27H26F12N6O7S. The van der Waals surface area contributed by atoms with E-state index in [0.29, 0.717) is 48.8 Å². The lowest BCUT2D eigenvalue weighted by Gasteiger charge is -2.37. The second-order valence-electron chi connectivity index (χ2n) is 11.4. The first-order valence-electron chi connectivity index (χ1n) is 14.3. The summed E-state index contributed by atoms with van der Waals surface area (Å²) in [5.74, 6) is -8.27. The molecule has 26 heteroatoms. The number of carbonyl (C=O) groups is 4. The first-order chi connectivity index (χ1) is 24.0. The number of hydrogen-bond acceptors (Lipinski definition) is 8. The summed E-state index contributed by atoms with van der Waals surface area (Å²) in [5, 5.41) is 22.0. The summed E-state index contributed by atoms with van der Waals surface area (Å²) in [6, 6.07) is 1.04. The van der Waals surface area contributed by atoms with Crippen molar-refractivity contribution < 1.29 is 87.2 Å². The van der Waals surface area contributed by atoms with E-state index in [0.717, 1.165) is 18.7 Å². The van der Waals surface area contributed by atoms with Crippen LogP contribution < -0.4 is 5.73 Å². The summed E-state index contributed by atoms with van der Waals surface area (Å²) < 4.78 is 136. The van der Waals surface area contributed by atoms with Crippen molar-refractivity contribution >= 4 is 41.1 Å². The lowest BCUT2D eigenvalue weighted by atomic mass is 9.78. The van der Waals surface area contributed by atoms with E-state index in [2.05, 4.69) is 9.97 Å². The average molecular weight is 807 g/mol. The minimum atomic E-state index is -5.08. The zero-order chi connectivity index (χ0) is 40.9. The molecule has 5 N–H and O–H groups in total. The minimum Gasteiger partial charge on any atom is -0.475 e. The number of thiocarbonyl (C=S) groups is 1. The monoisotopic (exact) mass is 806 g/mol. The lowest BCUT2D eigenvalue weighted by molar-refractivity contribution is -0.193. The summed E-state index contributed by atoms with van der Waals surface area (Å²) >= 11 is 5.61. The number of pyridine rings is 1. The molecule has 5 rings (SSSR count). The van der Waals surface area contributed by atoms with Gasteiger partial charge in [0.1, 0.15) is 6.33 Å². The smallest absolute Gasteiger partial charge is 0.475 e. The van der Waals surface area contributed by atoms with E-state index in [1.54, 1.807) is 28.2 Å². The van der Waals surface area contributed by atoms with Gasteiger partial charge < -0.3 is 30.9 Å². The molecule has 0 spiro atoms. The SMILES string of the molecule is N[C@@H]1C[C@H]2CN(C(=S)n3ccnc3)C[C@@]2(C(=O)N2CCc3ncc(C(F)(F)F)cc3C2)C1.O=C(O)C(F)(F)F.O=C(O)C(F)(F)F.O=C(O)C(F)(F)F. The van der Waals surface area contributed by atoms with Gasteiger partial charge in [0.2, 0.25) is 5.91 Å². The van der Waals surface area contributed by atoms with Gasteiger partial charge in [0.25, 0.3) is 0 Å². The number of halogens is 12. The number of carboxylic acid groups (broad SMARTS) is 3. The Balaban J connectivity index is 0.000000379. The molecule has 13 nitrogen and oxygen atoms in total. The molecule has 53 heavy (non-hydrogen) atoms. The fourth-order valence-electron chi connectivity index (χ4n) is 5.50. The number of fused-ring (bicyclic) bond motifs is 2. The molecule has 2 aromatic heterocycles. The van der Waals surface area contributed by atoms with Crippen LogP contribution in [0.25, 0.3) is 0 Å². The van der Waals surface area contributed by atoms with Crippen LogP contribution in [0.15, 0.2) is 31.0 Å². The molecule has 2 aromatic rings. The van der Waals surface area contributed by atoms with Crippen molar-refractivity contribution in [1.82, 2.24) is 24.3 Å². The Kier molecular flexibility index (Phi) is 13.8. The molecule has 2 fully saturated rings. The molecule has 1 amide bonds. The van der Waals surface area contributed by atoms with Crippen molar-refractivity contribution in [2.75, 3.05) is 19.6 Å². The summed E-state index contributed by atoms with van der Waals surface area (Å²) in [6.45, 7) is 1.63. The number of imidazole rings is 1. The van der Waals surface area contributed by atoms with Crippen LogP contribution in [-0.4, -0.2) is 113 Å². The second kappa shape index (κ2) is 16.5. The normalized spacial score (nSPS) is 21.0. The molecule has 0 radical (unpaired) electrons. The van der Waals surface area contributed by atoms with Crippen molar-refractivity contribution in [3.63, 3.8) is 0 Å². The third-order valence-corrected chi connectivity index (χ3v) is 8.18. The fourth-order valence-corrected chi connectivity index (χ4v) is 5.75. The van der Waals surface area contributed by atoms with Crippen LogP contribution in [0.5, 0.6) is 0 Å². The van der Waals surface area contributed by atoms with E-state index < -0.39 is 53.6 Å². The van der Waals surface area contributed by atoms with E-state index in [-0.39, 0.29) is 24.4 Å². The highest BCUT2D eigenvalue weighted by molar-refractivity contribution is 7.80. The Bertz CT molecular complexity index is 1590. The maximum Gasteiger partial charge on any atom is 0.490 e. The Morgan fingerprint density at radius 2 is 1.38 bits per heavy atom. The standard InChI is InChI=1S/C21H23F3N6OS.3C2HF3O2/c22-21(23,24)14-5-13-9-28(3-1-17(13)27-8-14)18(31)20-7-16(25)6-15(20)10-30(11-20)19(32)29-4-2-26-12-29;3*3-2(4,5)1(6)7/h2,4-5,8,12,15-16H,1,3,6-7,9-11,25H2;3*(H,6,7)/t15-,16+,20-;;;/m0.../s1. The van der Waals surface area contributed by atoms with Crippen molar-refractivity contribution in [1.29, 1.82) is 0 Å². The average Bonchev–Trinajstić information content (AvgIpc) is 3.75. The minimum absolute atomic E-state index is 0.0468. The summed E-state index contributed by atoms with van der Waals surface area (Å²) in [6.07, 6.45) is -12.1. The van der Waals surface area contributed by atoms with Crippen molar-refractivity contribution in [3.8, 4) is 0 Å². The summed E-state index contributed by atoms with van der Waals surface area (Å²) in [5.41, 5.74) is 5.87. The zero-order valence-electron chi connectivity index (χ0n) is 26.2. The van der Waals surface area contributed by atoms with Crippen molar-refractivity contribution in [3.05, 3.63) is 47.8 Å². The number of rotatable bonds is 1. The number of hydrogen-bond donors (Lipinski definition) is 4. The molecule has 0 bridgehead atoms. The third-order valence-electron chi connectivity index (χ3n) is 7.71. The van der Waals surface area contributed by atoms with Crippen LogP contribution in [0.3, 0.4) is 0 Å². The van der Waals surface area contributed by atoms with Crippen LogP contribution in [0.2, 0.25) is 0 Å². The highest BCUT2D eigenvalue weighted by Gasteiger charge is 2.58. The predicted molar refractivity (Wildman–Crippen MR) is 154 cm³/mol. The third kappa shape index (κ3) is 11.9. The number of aliphatic carboxylic acids is 3. The number of likely N-dealkylation sites (tertiary alicyclic amines) is 1. The van der Waals surface area contributed by atoms with Gasteiger partial charge >= 0.3 is 42.6 Å². The number of nitrogens with two attached hydrogens (primary N) is 1. The van der Waals surface area contributed by atoms with Gasteiger partial charge in [-0.15, -0.1) is 0 Å². The van der Waals surface area contributed by atoms with Crippen LogP contribution >= 0.6 is 12.2 Å². The second-order valence-corrected chi connectivity index (χ2v) is 11.8. The molecule has 1 saturated heterocycles. The quantitative estimate of drug-likeness (QED) is 0.240. The maximum absolute atomic E-state index is 13.8. The number of carbonyl (C=O) groups excluding carboxylic acids is 1.